The van der Waals surface area contributed by atoms with Gasteiger partial charge in [-0.25, -0.2) is 17.1 Å². The highest BCUT2D eigenvalue weighted by atomic mass is 32.2. The third kappa shape index (κ3) is 7.82. The molecule has 1 aromatic rings. The molecule has 0 atom stereocenters. The summed E-state index contributed by atoms with van der Waals surface area (Å²) in [6, 6.07) is 5.34. The van der Waals surface area contributed by atoms with Crippen LogP contribution in [0.4, 0.5) is 10.1 Å². The molecule has 1 aliphatic rings. The second-order valence-electron chi connectivity index (χ2n) is 6.43. The number of hydrogen-bond donors (Lipinski definition) is 3. The van der Waals surface area contributed by atoms with Crippen LogP contribution in [0.15, 0.2) is 36.0 Å². The number of nitrogens with zero attached hydrogens (tertiary/aromatic N) is 2. The molecule has 0 saturated carbocycles. The number of hydrogen-bond acceptors (Lipinski definition) is 7. The van der Waals surface area contributed by atoms with E-state index in [1.165, 1.54) is 34.6 Å². The van der Waals surface area contributed by atoms with Gasteiger partial charge in [-0.2, -0.15) is 0 Å². The van der Waals surface area contributed by atoms with Crippen molar-refractivity contribution in [1.82, 2.24) is 9.21 Å². The van der Waals surface area contributed by atoms with Gasteiger partial charge in [0.05, 0.1) is 31.2 Å². The summed E-state index contributed by atoms with van der Waals surface area (Å²) in [4.78, 5) is 14.3. The van der Waals surface area contributed by atoms with E-state index in [0.717, 1.165) is 0 Å². The molecule has 0 aromatic heterocycles. The van der Waals surface area contributed by atoms with Gasteiger partial charge in [0.15, 0.2) is 0 Å². The van der Waals surface area contributed by atoms with Gasteiger partial charge in [0.1, 0.15) is 5.82 Å². The van der Waals surface area contributed by atoms with Crippen LogP contribution in [0.3, 0.4) is 0 Å². The molecule has 1 fully saturated rings. The predicted octanol–water partition coefficient (Wildman–Crippen LogP) is 0.865. The summed E-state index contributed by atoms with van der Waals surface area (Å²) >= 11 is 0. The summed E-state index contributed by atoms with van der Waals surface area (Å²) in [7, 11) is -2.66. The fourth-order valence-corrected chi connectivity index (χ4v) is 3.32. The van der Waals surface area contributed by atoms with Crippen LogP contribution in [-0.4, -0.2) is 81.8 Å². The first-order valence-corrected chi connectivity index (χ1v) is 10.7. The third-order valence-corrected chi connectivity index (χ3v) is 5.20. The number of amides is 1. The fourth-order valence-electron chi connectivity index (χ4n) is 2.82. The van der Waals surface area contributed by atoms with E-state index >= 15 is 0 Å². The molecule has 1 saturated heterocycles. The molecular weight excluding hydrogens is 415 g/mol. The molecule has 1 aliphatic heterocycles. The Morgan fingerprint density at radius 2 is 1.80 bits per heavy atom. The lowest BCUT2D eigenvalue weighted by molar-refractivity contribution is -0.112. The maximum Gasteiger partial charge on any atom is 0.250 e. The first kappa shape index (κ1) is 23.9. The molecule has 0 bridgehead atoms. The number of carbonyl (C=O) groups is 1. The van der Waals surface area contributed by atoms with Gasteiger partial charge in [-0.05, 0) is 31.2 Å². The van der Waals surface area contributed by atoms with Gasteiger partial charge in [0.25, 0.3) is 5.91 Å². The van der Waals surface area contributed by atoms with E-state index in [9.17, 15) is 17.6 Å². The topological polar surface area (TPSA) is 112 Å². The number of benzene rings is 1. The first-order chi connectivity index (χ1) is 14.4. The number of thiol groups is 1. The summed E-state index contributed by atoms with van der Waals surface area (Å²) in [5.41, 5.74) is 0.872. The molecule has 0 unspecified atom stereocenters. The zero-order valence-corrected chi connectivity index (χ0v) is 17.7. The Labute approximate surface area is 177 Å². The van der Waals surface area contributed by atoms with Crippen LogP contribution >= 0.6 is 0 Å². The van der Waals surface area contributed by atoms with Crippen molar-refractivity contribution in [3.05, 3.63) is 41.9 Å². The Bertz CT molecular complexity index is 813. The maximum absolute atomic E-state index is 13.0. The van der Waals surface area contributed by atoms with Crippen LogP contribution < -0.4 is 5.32 Å². The molecule has 2 N–H and O–H groups in total. The highest BCUT2D eigenvalue weighted by Crippen LogP contribution is 2.13. The van der Waals surface area contributed by atoms with Crippen molar-refractivity contribution < 1.29 is 27.1 Å². The molecule has 1 heterocycles. The Kier molecular flexibility index (Phi) is 9.87. The van der Waals surface area contributed by atoms with E-state index in [2.05, 4.69) is 5.32 Å². The van der Waals surface area contributed by atoms with Crippen molar-refractivity contribution in [3.8, 4) is 0 Å². The molecule has 166 valence electrons. The fraction of sp³-hybridized carbons (Fsp3) is 0.474. The number of ether oxygens (including phenoxy) is 2. The van der Waals surface area contributed by atoms with Gasteiger partial charge in [-0.3, -0.25) is 4.79 Å². The third-order valence-electron chi connectivity index (χ3n) is 4.34. The van der Waals surface area contributed by atoms with Crippen molar-refractivity contribution in [2.45, 2.75) is 6.92 Å². The Morgan fingerprint density at radius 1 is 1.17 bits per heavy atom. The highest BCUT2D eigenvalue weighted by molar-refractivity contribution is 7.69. The lowest BCUT2D eigenvalue weighted by atomic mass is 10.2. The molecule has 9 nitrogen and oxygen atoms in total. The SMILES string of the molecule is CCOCCOCC(=N)/C(=C\C(=O)Nc1ccc(F)cc1)N1CCN([SH](=O)=O)CC1. The largest absolute Gasteiger partial charge is 0.379 e. The van der Waals surface area contributed by atoms with Gasteiger partial charge in [0, 0.05) is 44.5 Å². The van der Waals surface area contributed by atoms with Gasteiger partial charge in [-0.1, -0.05) is 0 Å². The van der Waals surface area contributed by atoms with E-state index in [1.807, 2.05) is 6.92 Å². The van der Waals surface area contributed by atoms with Crippen LogP contribution in [0.2, 0.25) is 0 Å². The zero-order valence-electron chi connectivity index (χ0n) is 16.8. The van der Waals surface area contributed by atoms with Crippen LogP contribution in [0, 0.1) is 11.2 Å². The molecule has 11 heteroatoms. The summed E-state index contributed by atoms with van der Waals surface area (Å²) in [5.74, 6) is -0.891. The Morgan fingerprint density at radius 3 is 2.40 bits per heavy atom. The molecule has 0 aliphatic carbocycles. The van der Waals surface area contributed by atoms with E-state index in [0.29, 0.717) is 44.3 Å². The van der Waals surface area contributed by atoms with Crippen LogP contribution in [0.25, 0.3) is 0 Å². The summed E-state index contributed by atoms with van der Waals surface area (Å²) in [5, 5.41) is 11.0. The van der Waals surface area contributed by atoms with Crippen molar-refractivity contribution in [2.24, 2.45) is 0 Å². The smallest absolute Gasteiger partial charge is 0.250 e. The van der Waals surface area contributed by atoms with E-state index in [-0.39, 0.29) is 25.4 Å². The van der Waals surface area contributed by atoms with E-state index in [1.54, 1.807) is 4.90 Å². The van der Waals surface area contributed by atoms with Crippen molar-refractivity contribution in [3.63, 3.8) is 0 Å². The highest BCUT2D eigenvalue weighted by Gasteiger charge is 2.23. The molecule has 1 aromatic carbocycles. The van der Waals surface area contributed by atoms with Crippen LogP contribution in [0.5, 0.6) is 0 Å². The summed E-state index contributed by atoms with van der Waals surface area (Å²) in [6.07, 6.45) is 1.28. The second kappa shape index (κ2) is 12.4. The van der Waals surface area contributed by atoms with Crippen LogP contribution in [0.1, 0.15) is 6.92 Å². The lowest BCUT2D eigenvalue weighted by Gasteiger charge is -2.34. The van der Waals surface area contributed by atoms with E-state index in [4.69, 9.17) is 14.9 Å². The molecule has 0 radical (unpaired) electrons. The molecule has 1 amide bonds. The molecular formula is C19H27FN4O5S. The van der Waals surface area contributed by atoms with Crippen molar-refractivity contribution in [2.75, 3.05) is 57.9 Å². The normalized spacial score (nSPS) is 15.4. The zero-order chi connectivity index (χ0) is 21.9. The van der Waals surface area contributed by atoms with E-state index < -0.39 is 22.6 Å². The quantitative estimate of drug-likeness (QED) is 0.203. The number of nitrogens with one attached hydrogen (secondary N) is 2. The Balaban J connectivity index is 2.07. The average molecular weight is 443 g/mol. The number of carbonyl (C=O) groups excluding carboxylic acids is 1. The second-order valence-corrected chi connectivity index (χ2v) is 7.47. The minimum atomic E-state index is -2.66. The van der Waals surface area contributed by atoms with Gasteiger partial charge < -0.3 is 25.1 Å². The predicted molar refractivity (Wildman–Crippen MR) is 112 cm³/mol. The standard InChI is InChI=1S/C19H27FN4O5S/c1-2-28-11-12-29-14-17(21)18(23-7-9-24(10-8-23)30(26)27)13-19(25)22-16-5-3-15(20)4-6-16/h3-6,13,21,30H,2,7-12,14H2,1H3,(H,22,25)/b18-13+,21-17?. The average Bonchev–Trinajstić information content (AvgIpc) is 2.73. The van der Waals surface area contributed by atoms with Gasteiger partial charge in [-0.15, -0.1) is 0 Å². The number of anilines is 1. The van der Waals surface area contributed by atoms with Gasteiger partial charge in [0.2, 0.25) is 10.9 Å². The van der Waals surface area contributed by atoms with Crippen molar-refractivity contribution in [1.29, 1.82) is 5.41 Å². The Hall–Kier alpha value is -2.34. The maximum atomic E-state index is 13.0. The lowest BCUT2D eigenvalue weighted by Crippen LogP contribution is -2.46. The number of piperazine rings is 1. The summed E-state index contributed by atoms with van der Waals surface area (Å²) in [6.45, 7) is 4.39. The minimum Gasteiger partial charge on any atom is -0.379 e. The number of halogens is 1. The summed E-state index contributed by atoms with van der Waals surface area (Å²) < 4.78 is 47.3. The number of rotatable bonds is 11. The van der Waals surface area contributed by atoms with Gasteiger partial charge >= 0.3 is 0 Å². The van der Waals surface area contributed by atoms with Crippen molar-refractivity contribution >= 4 is 28.2 Å². The van der Waals surface area contributed by atoms with Crippen LogP contribution in [-0.2, 0) is 25.2 Å². The molecule has 0 spiro atoms. The molecule has 30 heavy (non-hydrogen) atoms. The first-order valence-electron chi connectivity index (χ1n) is 9.56. The monoisotopic (exact) mass is 442 g/mol. The minimum absolute atomic E-state index is 0.0151. The molecule has 2 rings (SSSR count).